The molecule has 0 aromatic heterocycles. The van der Waals surface area contributed by atoms with Crippen LogP contribution in [0.1, 0.15) is 24.6 Å². The van der Waals surface area contributed by atoms with Crippen LogP contribution in [0.5, 0.6) is 0 Å². The van der Waals surface area contributed by atoms with Gasteiger partial charge >= 0.3 is 0 Å². The largest absolute Gasteiger partial charge is 0.316 e. The summed E-state index contributed by atoms with van der Waals surface area (Å²) in [5, 5.41) is 6.33. The van der Waals surface area contributed by atoms with E-state index in [1.807, 2.05) is 0 Å². The molecule has 4 aromatic carbocycles. The van der Waals surface area contributed by atoms with Crippen molar-refractivity contribution < 1.29 is 0 Å². The van der Waals surface area contributed by atoms with Gasteiger partial charge in [-0.2, -0.15) is 0 Å². The molecule has 0 saturated carbocycles. The molecule has 0 amide bonds. The summed E-state index contributed by atoms with van der Waals surface area (Å²) in [4.78, 5) is 0. The fourth-order valence-electron chi connectivity index (χ4n) is 4.25. The van der Waals surface area contributed by atoms with Gasteiger partial charge in [0, 0.05) is 23.7 Å². The molecule has 1 N–H and O–H groups in total. The molecule has 0 saturated heterocycles. The van der Waals surface area contributed by atoms with Crippen LogP contribution in [0.2, 0.25) is 0 Å². The van der Waals surface area contributed by atoms with Crippen molar-refractivity contribution in [2.45, 2.75) is 19.0 Å². The fourth-order valence-corrected chi connectivity index (χ4v) is 8.65. The summed E-state index contributed by atoms with van der Waals surface area (Å²) in [6, 6.07) is 41.1. The molecular formula is C29H30BrN2P. The van der Waals surface area contributed by atoms with E-state index >= 15 is 0 Å². The summed E-state index contributed by atoms with van der Waals surface area (Å²) in [6.07, 6.45) is 1.10. The van der Waals surface area contributed by atoms with E-state index in [9.17, 15) is 0 Å². The summed E-state index contributed by atoms with van der Waals surface area (Å²) in [5.41, 5.74) is 2.54. The van der Waals surface area contributed by atoms with Crippen LogP contribution in [-0.2, 0) is 0 Å². The highest BCUT2D eigenvalue weighted by atomic mass is 79.9. The number of hydrogen-bond donors (Lipinski definition) is 1. The molecule has 4 heteroatoms. The summed E-state index contributed by atoms with van der Waals surface area (Å²) >= 11 is 3.58. The smallest absolute Gasteiger partial charge is 0.0622 e. The lowest BCUT2D eigenvalue weighted by Gasteiger charge is -2.35. The molecule has 1 atom stereocenters. The molecule has 0 spiro atoms. The first-order chi connectivity index (χ1) is 16.2. The minimum absolute atomic E-state index is 0.207. The average Bonchev–Trinajstić information content (AvgIpc) is 2.88. The molecule has 0 bridgehead atoms. The van der Waals surface area contributed by atoms with Crippen LogP contribution < -0.4 is 15.9 Å². The van der Waals surface area contributed by atoms with E-state index in [1.54, 1.807) is 0 Å². The van der Waals surface area contributed by atoms with Crippen molar-refractivity contribution in [3.63, 3.8) is 0 Å². The van der Waals surface area contributed by atoms with Gasteiger partial charge in [-0.1, -0.05) is 114 Å². The van der Waals surface area contributed by atoms with E-state index in [0.717, 1.165) is 29.7 Å². The topological polar surface area (TPSA) is 24.4 Å². The second kappa shape index (κ2) is 11.6. The van der Waals surface area contributed by atoms with Crippen LogP contribution in [-0.4, -0.2) is 13.1 Å². The van der Waals surface area contributed by atoms with Gasteiger partial charge in [0.05, 0.1) is 5.69 Å². The third-order valence-electron chi connectivity index (χ3n) is 5.80. The van der Waals surface area contributed by atoms with Crippen LogP contribution >= 0.6 is 23.0 Å². The number of benzene rings is 4. The van der Waals surface area contributed by atoms with Gasteiger partial charge in [-0.3, -0.25) is 4.74 Å². The predicted molar refractivity (Wildman–Crippen MR) is 148 cm³/mol. The molecule has 0 fully saturated rings. The lowest BCUT2D eigenvalue weighted by molar-refractivity contribution is 0.661. The van der Waals surface area contributed by atoms with E-state index in [4.69, 9.17) is 4.74 Å². The predicted octanol–water partition coefficient (Wildman–Crippen LogP) is 7.67. The third-order valence-corrected chi connectivity index (χ3v) is 10.4. The van der Waals surface area contributed by atoms with Crippen molar-refractivity contribution in [3.05, 3.63) is 125 Å². The van der Waals surface area contributed by atoms with Gasteiger partial charge in [0.25, 0.3) is 0 Å². The number of nitrogens with one attached hydrogen (secondary N) is 1. The first-order valence-electron chi connectivity index (χ1n) is 11.5. The highest BCUT2D eigenvalue weighted by Crippen LogP contribution is 2.61. The standard InChI is InChI=1S/C29H30BrN2P/c1-2-22-31-23-29(24-12-6-3-7-13-24)33(27-14-8-4-9-15-27,28-16-10-5-11-17-28)32-26-20-18-25(30)19-21-26/h3-21,29,31H,2,22-23H2,1H3. The fraction of sp³-hybridized carbons (Fsp3) is 0.172. The second-order valence-corrected chi connectivity index (χ2v) is 12.2. The Bertz CT molecular complexity index is 1130. The molecule has 33 heavy (non-hydrogen) atoms. The molecule has 4 aromatic rings. The van der Waals surface area contributed by atoms with Gasteiger partial charge in [-0.05, 0) is 53.4 Å². The van der Waals surface area contributed by atoms with Crippen molar-refractivity contribution in [1.82, 2.24) is 5.32 Å². The Kier molecular flexibility index (Phi) is 8.34. The van der Waals surface area contributed by atoms with Gasteiger partial charge in [0.2, 0.25) is 0 Å². The molecule has 0 radical (unpaired) electrons. The Hall–Kier alpha value is -2.45. The lowest BCUT2D eigenvalue weighted by Crippen LogP contribution is -2.29. The van der Waals surface area contributed by atoms with Gasteiger partial charge in [0.15, 0.2) is 0 Å². The Morgan fingerprint density at radius 1 is 0.727 bits per heavy atom. The third kappa shape index (κ3) is 5.55. The zero-order chi connectivity index (χ0) is 22.9. The highest BCUT2D eigenvalue weighted by Gasteiger charge is 2.35. The van der Waals surface area contributed by atoms with E-state index in [-0.39, 0.29) is 5.66 Å². The monoisotopic (exact) mass is 516 g/mol. The molecule has 0 aliphatic carbocycles. The quantitative estimate of drug-likeness (QED) is 0.179. The Morgan fingerprint density at radius 3 is 1.76 bits per heavy atom. The number of nitrogens with zero attached hydrogens (tertiary/aromatic N) is 1. The maximum absolute atomic E-state index is 5.68. The van der Waals surface area contributed by atoms with Crippen molar-refractivity contribution in [1.29, 1.82) is 0 Å². The number of hydrogen-bond acceptors (Lipinski definition) is 2. The molecular weight excluding hydrogens is 487 g/mol. The SMILES string of the molecule is CCCNCC(c1ccccc1)P(=Nc1ccc(Br)cc1)(c1ccccc1)c1ccccc1. The second-order valence-electron chi connectivity index (χ2n) is 8.06. The van der Waals surface area contributed by atoms with Gasteiger partial charge in [-0.15, -0.1) is 0 Å². The number of rotatable bonds is 9. The molecule has 1 unspecified atom stereocenters. The van der Waals surface area contributed by atoms with E-state index in [1.165, 1.54) is 16.2 Å². The summed E-state index contributed by atoms with van der Waals surface area (Å²) in [6.45, 7) is 4.08. The molecule has 168 valence electrons. The Morgan fingerprint density at radius 2 is 1.24 bits per heavy atom. The van der Waals surface area contributed by atoms with Gasteiger partial charge < -0.3 is 5.32 Å². The summed E-state index contributed by atoms with van der Waals surface area (Å²) in [7, 11) is -2.26. The summed E-state index contributed by atoms with van der Waals surface area (Å²) in [5.74, 6) is 0. The van der Waals surface area contributed by atoms with Crippen molar-refractivity contribution in [2.24, 2.45) is 4.74 Å². The van der Waals surface area contributed by atoms with Crippen LogP contribution in [0.3, 0.4) is 0 Å². The Labute approximate surface area is 206 Å². The first kappa shape index (κ1) is 23.7. The maximum Gasteiger partial charge on any atom is 0.0622 e. The minimum atomic E-state index is -2.26. The normalized spacial score (nSPS) is 12.3. The van der Waals surface area contributed by atoms with Crippen molar-refractivity contribution in [3.8, 4) is 0 Å². The lowest BCUT2D eigenvalue weighted by atomic mass is 10.1. The van der Waals surface area contributed by atoms with E-state index in [0.29, 0.717) is 0 Å². The van der Waals surface area contributed by atoms with Crippen LogP contribution in [0.4, 0.5) is 5.69 Å². The van der Waals surface area contributed by atoms with E-state index < -0.39 is 7.05 Å². The van der Waals surface area contributed by atoms with Crippen LogP contribution in [0.15, 0.2) is 124 Å². The molecule has 2 nitrogen and oxygen atoms in total. The average molecular weight is 517 g/mol. The van der Waals surface area contributed by atoms with Gasteiger partial charge in [0.1, 0.15) is 0 Å². The highest BCUT2D eigenvalue weighted by molar-refractivity contribution is 9.10. The van der Waals surface area contributed by atoms with Crippen molar-refractivity contribution >= 4 is 39.3 Å². The van der Waals surface area contributed by atoms with Gasteiger partial charge in [-0.25, -0.2) is 0 Å². The zero-order valence-electron chi connectivity index (χ0n) is 18.9. The van der Waals surface area contributed by atoms with E-state index in [2.05, 4.69) is 143 Å². The molecule has 0 aliphatic rings. The number of halogens is 1. The summed E-state index contributed by atoms with van der Waals surface area (Å²) < 4.78 is 6.74. The molecule has 0 aliphatic heterocycles. The van der Waals surface area contributed by atoms with Crippen molar-refractivity contribution in [2.75, 3.05) is 13.1 Å². The zero-order valence-corrected chi connectivity index (χ0v) is 21.4. The first-order valence-corrected chi connectivity index (χ1v) is 14.1. The Balaban J connectivity index is 2.06. The maximum atomic E-state index is 5.68. The van der Waals surface area contributed by atoms with Crippen LogP contribution in [0, 0.1) is 0 Å². The molecule has 0 heterocycles. The van der Waals surface area contributed by atoms with Crippen LogP contribution in [0.25, 0.3) is 0 Å². The minimum Gasteiger partial charge on any atom is -0.316 e. The molecule has 4 rings (SSSR count).